The highest BCUT2D eigenvalue weighted by Gasteiger charge is 2.19. The minimum atomic E-state index is 0.829. The van der Waals surface area contributed by atoms with E-state index < -0.39 is 0 Å². The summed E-state index contributed by atoms with van der Waals surface area (Å²) in [6.45, 7) is 4.84. The zero-order valence-corrected chi connectivity index (χ0v) is 10.2. The van der Waals surface area contributed by atoms with E-state index in [2.05, 4.69) is 19.8 Å². The first-order valence-corrected chi connectivity index (χ1v) is 6.18. The van der Waals surface area contributed by atoms with Crippen LogP contribution in [0.4, 0.5) is 5.95 Å². The highest BCUT2D eigenvalue weighted by Crippen LogP contribution is 2.12. The van der Waals surface area contributed by atoms with Gasteiger partial charge in [-0.1, -0.05) is 0 Å². The monoisotopic (exact) mass is 244 g/mol. The lowest BCUT2D eigenvalue weighted by molar-refractivity contribution is 0.229. The topological polar surface area (TPSA) is 45.4 Å². The number of hydrogen-bond donors (Lipinski definition) is 0. The van der Waals surface area contributed by atoms with Crippen LogP contribution in [0.1, 0.15) is 5.76 Å². The molecule has 0 N–H and O–H groups in total. The lowest BCUT2D eigenvalue weighted by Gasteiger charge is -2.34. The van der Waals surface area contributed by atoms with Gasteiger partial charge in [0.15, 0.2) is 0 Å². The Hall–Kier alpha value is -1.88. The van der Waals surface area contributed by atoms with Crippen LogP contribution in [0.15, 0.2) is 41.3 Å². The van der Waals surface area contributed by atoms with E-state index in [0.717, 1.165) is 44.4 Å². The molecule has 0 amide bonds. The van der Waals surface area contributed by atoms with Gasteiger partial charge in [-0.25, -0.2) is 9.97 Å². The Labute approximate surface area is 106 Å². The van der Waals surface area contributed by atoms with E-state index in [1.54, 1.807) is 18.7 Å². The van der Waals surface area contributed by atoms with Gasteiger partial charge in [0, 0.05) is 38.6 Å². The Balaban J connectivity index is 1.55. The summed E-state index contributed by atoms with van der Waals surface area (Å²) in [6, 6.07) is 5.80. The van der Waals surface area contributed by atoms with Crippen LogP contribution in [0.5, 0.6) is 0 Å². The molecule has 1 aliphatic rings. The largest absolute Gasteiger partial charge is 0.468 e. The molecule has 0 aliphatic carbocycles. The van der Waals surface area contributed by atoms with Gasteiger partial charge in [-0.15, -0.1) is 0 Å². The van der Waals surface area contributed by atoms with Gasteiger partial charge in [-0.3, -0.25) is 4.90 Å². The normalized spacial score (nSPS) is 17.0. The molecule has 0 unspecified atom stereocenters. The lowest BCUT2D eigenvalue weighted by atomic mass is 10.3. The molecule has 94 valence electrons. The van der Waals surface area contributed by atoms with Crippen molar-refractivity contribution in [1.82, 2.24) is 14.9 Å². The van der Waals surface area contributed by atoms with E-state index >= 15 is 0 Å². The first-order chi connectivity index (χ1) is 8.92. The molecule has 1 fully saturated rings. The summed E-state index contributed by atoms with van der Waals surface area (Å²) in [5.74, 6) is 1.86. The quantitative estimate of drug-likeness (QED) is 0.816. The van der Waals surface area contributed by atoms with Crippen LogP contribution < -0.4 is 4.90 Å². The first-order valence-electron chi connectivity index (χ1n) is 6.18. The minimum absolute atomic E-state index is 0.829. The molecule has 2 aromatic heterocycles. The number of hydrogen-bond acceptors (Lipinski definition) is 5. The van der Waals surface area contributed by atoms with E-state index in [0.29, 0.717) is 0 Å². The number of furan rings is 1. The van der Waals surface area contributed by atoms with Crippen LogP contribution in [-0.2, 0) is 6.54 Å². The average Bonchev–Trinajstić information content (AvgIpc) is 2.94. The molecule has 2 aromatic rings. The summed E-state index contributed by atoms with van der Waals surface area (Å²) < 4.78 is 5.37. The molecule has 0 bridgehead atoms. The van der Waals surface area contributed by atoms with Crippen molar-refractivity contribution in [1.29, 1.82) is 0 Å². The van der Waals surface area contributed by atoms with Crippen molar-refractivity contribution in [3.63, 3.8) is 0 Å². The molecule has 0 aromatic carbocycles. The van der Waals surface area contributed by atoms with Crippen LogP contribution in [0.3, 0.4) is 0 Å². The first kappa shape index (κ1) is 11.2. The van der Waals surface area contributed by atoms with E-state index in [4.69, 9.17) is 4.42 Å². The minimum Gasteiger partial charge on any atom is -0.468 e. The summed E-state index contributed by atoms with van der Waals surface area (Å²) in [6.07, 6.45) is 5.30. The fourth-order valence-corrected chi connectivity index (χ4v) is 2.18. The zero-order chi connectivity index (χ0) is 12.2. The molecule has 0 radical (unpaired) electrons. The standard InChI is InChI=1S/C13H16N4O/c1-3-12(18-10-1)11-16-6-8-17(9-7-16)13-14-4-2-5-15-13/h1-5,10H,6-9,11H2. The summed E-state index contributed by atoms with van der Waals surface area (Å²) in [4.78, 5) is 13.2. The molecule has 5 nitrogen and oxygen atoms in total. The maximum Gasteiger partial charge on any atom is 0.225 e. The van der Waals surface area contributed by atoms with Crippen LogP contribution in [0.2, 0.25) is 0 Å². The van der Waals surface area contributed by atoms with Gasteiger partial charge >= 0.3 is 0 Å². The molecule has 3 rings (SSSR count). The van der Waals surface area contributed by atoms with Crippen molar-refractivity contribution < 1.29 is 4.42 Å². The van der Waals surface area contributed by atoms with E-state index in [1.165, 1.54) is 0 Å². The highest BCUT2D eigenvalue weighted by molar-refractivity contribution is 5.29. The number of aromatic nitrogens is 2. The van der Waals surface area contributed by atoms with Gasteiger partial charge in [-0.2, -0.15) is 0 Å². The van der Waals surface area contributed by atoms with E-state index in [1.807, 2.05) is 18.2 Å². The van der Waals surface area contributed by atoms with Crippen molar-refractivity contribution in [2.24, 2.45) is 0 Å². The number of nitrogens with zero attached hydrogens (tertiary/aromatic N) is 4. The van der Waals surface area contributed by atoms with Gasteiger partial charge in [0.25, 0.3) is 0 Å². The second-order valence-corrected chi connectivity index (χ2v) is 4.39. The molecule has 1 aliphatic heterocycles. The Bertz CT molecular complexity index is 463. The number of anilines is 1. The van der Waals surface area contributed by atoms with Crippen molar-refractivity contribution in [2.75, 3.05) is 31.1 Å². The predicted octanol–water partition coefficient (Wildman–Crippen LogP) is 1.39. The van der Waals surface area contributed by atoms with Gasteiger partial charge in [-0.05, 0) is 18.2 Å². The third-order valence-electron chi connectivity index (χ3n) is 3.17. The van der Waals surface area contributed by atoms with Crippen molar-refractivity contribution in [3.8, 4) is 0 Å². The Morgan fingerprint density at radius 1 is 1.06 bits per heavy atom. The number of rotatable bonds is 3. The predicted molar refractivity (Wildman–Crippen MR) is 68.2 cm³/mol. The van der Waals surface area contributed by atoms with Gasteiger partial charge in [0.1, 0.15) is 5.76 Å². The molecule has 0 spiro atoms. The molecule has 18 heavy (non-hydrogen) atoms. The highest BCUT2D eigenvalue weighted by atomic mass is 16.3. The molecule has 3 heterocycles. The molecular formula is C13H16N4O. The van der Waals surface area contributed by atoms with Crippen LogP contribution in [-0.4, -0.2) is 41.0 Å². The van der Waals surface area contributed by atoms with Gasteiger partial charge < -0.3 is 9.32 Å². The summed E-state index contributed by atoms with van der Waals surface area (Å²) in [7, 11) is 0. The van der Waals surface area contributed by atoms with E-state index in [9.17, 15) is 0 Å². The fraction of sp³-hybridized carbons (Fsp3) is 0.385. The Morgan fingerprint density at radius 3 is 2.50 bits per heavy atom. The second-order valence-electron chi connectivity index (χ2n) is 4.39. The average molecular weight is 244 g/mol. The number of piperazine rings is 1. The third kappa shape index (κ3) is 2.51. The van der Waals surface area contributed by atoms with Crippen LogP contribution in [0, 0.1) is 0 Å². The molecular weight excluding hydrogens is 228 g/mol. The van der Waals surface area contributed by atoms with Crippen molar-refractivity contribution in [3.05, 3.63) is 42.6 Å². The Kier molecular flexibility index (Phi) is 3.23. The summed E-state index contributed by atoms with van der Waals surface area (Å²) in [5, 5.41) is 0. The smallest absolute Gasteiger partial charge is 0.225 e. The maximum absolute atomic E-state index is 5.37. The van der Waals surface area contributed by atoms with Crippen LogP contribution in [0.25, 0.3) is 0 Å². The van der Waals surface area contributed by atoms with Crippen LogP contribution >= 0.6 is 0 Å². The van der Waals surface area contributed by atoms with E-state index in [-0.39, 0.29) is 0 Å². The van der Waals surface area contributed by atoms with Gasteiger partial charge in [0.05, 0.1) is 12.8 Å². The SMILES string of the molecule is c1cnc(N2CCN(Cc3ccco3)CC2)nc1. The molecule has 5 heteroatoms. The second kappa shape index (κ2) is 5.18. The Morgan fingerprint density at radius 2 is 1.83 bits per heavy atom. The molecule has 0 atom stereocenters. The van der Waals surface area contributed by atoms with Crippen molar-refractivity contribution in [2.45, 2.75) is 6.54 Å². The molecule has 0 saturated carbocycles. The lowest BCUT2D eigenvalue weighted by Crippen LogP contribution is -2.46. The fourth-order valence-electron chi connectivity index (χ4n) is 2.18. The molecule has 1 saturated heterocycles. The third-order valence-corrected chi connectivity index (χ3v) is 3.17. The zero-order valence-electron chi connectivity index (χ0n) is 10.2. The maximum atomic E-state index is 5.37. The van der Waals surface area contributed by atoms with Gasteiger partial charge in [0.2, 0.25) is 5.95 Å². The van der Waals surface area contributed by atoms with Crippen molar-refractivity contribution >= 4 is 5.95 Å². The summed E-state index contributed by atoms with van der Waals surface area (Å²) >= 11 is 0. The summed E-state index contributed by atoms with van der Waals surface area (Å²) in [5.41, 5.74) is 0.